The number of hydrogen-bond acceptors (Lipinski definition) is 6. The van der Waals surface area contributed by atoms with E-state index < -0.39 is 11.7 Å². The van der Waals surface area contributed by atoms with Crippen molar-refractivity contribution in [3.05, 3.63) is 59.2 Å². The van der Waals surface area contributed by atoms with Gasteiger partial charge >= 0.3 is 6.18 Å². The van der Waals surface area contributed by atoms with Crippen molar-refractivity contribution >= 4 is 5.91 Å². The van der Waals surface area contributed by atoms with Crippen LogP contribution in [-0.2, 0) is 12.7 Å². The van der Waals surface area contributed by atoms with Gasteiger partial charge in [-0.1, -0.05) is 22.5 Å². The molecule has 1 fully saturated rings. The first-order valence-electron chi connectivity index (χ1n) is 9.34. The van der Waals surface area contributed by atoms with E-state index in [1.165, 1.54) is 24.4 Å². The summed E-state index contributed by atoms with van der Waals surface area (Å²) in [5.74, 6) is 0.386. The maximum absolute atomic E-state index is 13.2. The van der Waals surface area contributed by atoms with Crippen LogP contribution in [0.3, 0.4) is 0 Å². The molecule has 8 nitrogen and oxygen atoms in total. The van der Waals surface area contributed by atoms with E-state index in [0.29, 0.717) is 32.7 Å². The third-order valence-corrected chi connectivity index (χ3v) is 4.89. The molecule has 4 rings (SSSR count). The van der Waals surface area contributed by atoms with E-state index in [4.69, 9.17) is 4.52 Å². The summed E-state index contributed by atoms with van der Waals surface area (Å²) < 4.78 is 45.7. The normalized spacial score (nSPS) is 15.5. The van der Waals surface area contributed by atoms with Gasteiger partial charge in [0.1, 0.15) is 5.76 Å². The summed E-state index contributed by atoms with van der Waals surface area (Å²) >= 11 is 0. The minimum absolute atomic E-state index is 0.00699. The lowest BCUT2D eigenvalue weighted by Gasteiger charge is -2.33. The zero-order valence-electron chi connectivity index (χ0n) is 16.1. The summed E-state index contributed by atoms with van der Waals surface area (Å²) in [4.78, 5) is 16.5. The lowest BCUT2D eigenvalue weighted by atomic mass is 10.1. The van der Waals surface area contributed by atoms with Crippen LogP contribution in [0, 0.1) is 6.92 Å². The number of nitrogens with zero attached hydrogens (tertiary/aromatic N) is 6. The first-order chi connectivity index (χ1) is 14.3. The summed E-state index contributed by atoms with van der Waals surface area (Å²) in [6.07, 6.45) is -3.30. The number of aryl methyl sites for hydroxylation is 1. The number of halogens is 3. The van der Waals surface area contributed by atoms with E-state index in [1.807, 2.05) is 13.0 Å². The summed E-state index contributed by atoms with van der Waals surface area (Å²) in [6.45, 7) is 4.69. The maximum Gasteiger partial charge on any atom is 0.418 e. The molecule has 0 spiro atoms. The number of alkyl halides is 3. The number of rotatable bonds is 4. The number of aromatic nitrogens is 4. The van der Waals surface area contributed by atoms with Crippen molar-refractivity contribution in [1.29, 1.82) is 0 Å². The number of hydrogen-bond donors (Lipinski definition) is 0. The standard InChI is InChI=1S/C19H19F3N6O2/c1-13-10-14(24-30-13)11-26-6-8-27(9-7-26)18(29)16-12-28(25-23-16)17-5-3-2-4-15(17)19(20,21)22/h2-5,10,12H,6-9,11H2,1H3. The topological polar surface area (TPSA) is 80.3 Å². The highest BCUT2D eigenvalue weighted by Gasteiger charge is 2.34. The van der Waals surface area contributed by atoms with Gasteiger partial charge in [-0.15, -0.1) is 5.10 Å². The van der Waals surface area contributed by atoms with E-state index in [2.05, 4.69) is 20.4 Å². The van der Waals surface area contributed by atoms with Gasteiger partial charge in [0.05, 0.1) is 23.1 Å². The first-order valence-corrected chi connectivity index (χ1v) is 9.34. The van der Waals surface area contributed by atoms with Gasteiger partial charge in [0.2, 0.25) is 0 Å². The Bertz CT molecular complexity index is 1040. The molecule has 11 heteroatoms. The first kappa shape index (κ1) is 20.1. The highest BCUT2D eigenvalue weighted by molar-refractivity contribution is 5.92. The third kappa shape index (κ3) is 4.20. The second-order valence-corrected chi connectivity index (χ2v) is 7.06. The van der Waals surface area contributed by atoms with Crippen LogP contribution in [0.15, 0.2) is 41.1 Å². The Morgan fingerprint density at radius 2 is 1.90 bits per heavy atom. The van der Waals surface area contributed by atoms with Crippen molar-refractivity contribution in [1.82, 2.24) is 30.0 Å². The van der Waals surface area contributed by atoms with Crippen molar-refractivity contribution in [2.45, 2.75) is 19.6 Å². The summed E-state index contributed by atoms with van der Waals surface area (Å²) in [7, 11) is 0. The molecule has 1 aliphatic rings. The van der Waals surface area contributed by atoms with Crippen LogP contribution in [0.2, 0.25) is 0 Å². The summed E-state index contributed by atoms with van der Waals surface area (Å²) in [5.41, 5.74) is -0.180. The Balaban J connectivity index is 1.42. The van der Waals surface area contributed by atoms with Gasteiger partial charge < -0.3 is 9.42 Å². The molecule has 0 bridgehead atoms. The molecule has 0 radical (unpaired) electrons. The second-order valence-electron chi connectivity index (χ2n) is 7.06. The zero-order valence-corrected chi connectivity index (χ0v) is 16.1. The molecule has 3 aromatic rings. The Morgan fingerprint density at radius 1 is 1.17 bits per heavy atom. The average molecular weight is 420 g/mol. The summed E-state index contributed by atoms with van der Waals surface area (Å²) in [6, 6.07) is 6.90. The van der Waals surface area contributed by atoms with Gasteiger partial charge in [0.15, 0.2) is 5.69 Å². The molecule has 1 aromatic carbocycles. The molecule has 0 N–H and O–H groups in total. The molecule has 3 heterocycles. The number of carbonyl (C=O) groups is 1. The quantitative estimate of drug-likeness (QED) is 0.645. The molecular formula is C19H19F3N6O2. The molecule has 1 aliphatic heterocycles. The molecule has 0 atom stereocenters. The Hall–Kier alpha value is -3.21. The molecule has 1 saturated heterocycles. The molecular weight excluding hydrogens is 401 g/mol. The van der Waals surface area contributed by atoms with Gasteiger partial charge in [-0.2, -0.15) is 13.2 Å². The van der Waals surface area contributed by atoms with E-state index in [9.17, 15) is 18.0 Å². The van der Waals surface area contributed by atoms with Crippen molar-refractivity contribution in [3.8, 4) is 5.69 Å². The SMILES string of the molecule is Cc1cc(CN2CCN(C(=O)c3cn(-c4ccccc4C(F)(F)F)nn3)CC2)no1. The molecule has 1 amide bonds. The van der Waals surface area contributed by atoms with Gasteiger partial charge in [-0.05, 0) is 19.1 Å². The number of amides is 1. The molecule has 158 valence electrons. The predicted octanol–water partition coefficient (Wildman–Crippen LogP) is 2.54. The number of carbonyl (C=O) groups excluding carboxylic acids is 1. The fourth-order valence-corrected chi connectivity index (χ4v) is 3.39. The predicted molar refractivity (Wildman–Crippen MR) is 98.8 cm³/mol. The van der Waals surface area contributed by atoms with Crippen molar-refractivity contribution in [3.63, 3.8) is 0 Å². The lowest BCUT2D eigenvalue weighted by molar-refractivity contribution is -0.137. The number of para-hydroxylation sites is 1. The van der Waals surface area contributed by atoms with E-state index in [0.717, 1.165) is 22.2 Å². The minimum atomic E-state index is -4.54. The Labute approximate surface area is 169 Å². The van der Waals surface area contributed by atoms with Crippen molar-refractivity contribution < 1.29 is 22.5 Å². The van der Waals surface area contributed by atoms with Crippen LogP contribution in [0.4, 0.5) is 13.2 Å². The van der Waals surface area contributed by atoms with Crippen LogP contribution in [-0.4, -0.2) is 62.0 Å². The highest BCUT2D eigenvalue weighted by Crippen LogP contribution is 2.33. The fraction of sp³-hybridized carbons (Fsp3) is 0.368. The Morgan fingerprint density at radius 3 is 2.57 bits per heavy atom. The molecule has 0 saturated carbocycles. The molecule has 2 aromatic heterocycles. The summed E-state index contributed by atoms with van der Waals surface area (Å²) in [5, 5.41) is 11.5. The van der Waals surface area contributed by atoms with Crippen LogP contribution in [0.5, 0.6) is 0 Å². The molecule has 0 aliphatic carbocycles. The highest BCUT2D eigenvalue weighted by atomic mass is 19.4. The average Bonchev–Trinajstić information content (AvgIpc) is 3.37. The smallest absolute Gasteiger partial charge is 0.361 e. The third-order valence-electron chi connectivity index (χ3n) is 4.89. The largest absolute Gasteiger partial charge is 0.418 e. The van der Waals surface area contributed by atoms with Crippen molar-refractivity contribution in [2.75, 3.05) is 26.2 Å². The van der Waals surface area contributed by atoms with E-state index in [-0.39, 0.29) is 17.3 Å². The van der Waals surface area contributed by atoms with Crippen LogP contribution in [0.25, 0.3) is 5.69 Å². The number of benzene rings is 1. The van der Waals surface area contributed by atoms with E-state index in [1.54, 1.807) is 4.90 Å². The zero-order chi connectivity index (χ0) is 21.3. The van der Waals surface area contributed by atoms with Crippen LogP contribution in [0.1, 0.15) is 27.5 Å². The lowest BCUT2D eigenvalue weighted by Crippen LogP contribution is -2.48. The monoisotopic (exact) mass is 420 g/mol. The van der Waals surface area contributed by atoms with Crippen LogP contribution >= 0.6 is 0 Å². The molecule has 0 unspecified atom stereocenters. The number of piperazine rings is 1. The van der Waals surface area contributed by atoms with E-state index >= 15 is 0 Å². The van der Waals surface area contributed by atoms with Crippen LogP contribution < -0.4 is 0 Å². The second kappa shape index (κ2) is 7.90. The van der Waals surface area contributed by atoms with Gasteiger partial charge in [0.25, 0.3) is 5.91 Å². The maximum atomic E-state index is 13.2. The van der Waals surface area contributed by atoms with Crippen molar-refractivity contribution in [2.24, 2.45) is 0 Å². The Kier molecular flexibility index (Phi) is 5.29. The van der Waals surface area contributed by atoms with Gasteiger partial charge in [0, 0.05) is 38.8 Å². The molecule has 30 heavy (non-hydrogen) atoms. The van der Waals surface area contributed by atoms with Gasteiger partial charge in [-0.3, -0.25) is 9.69 Å². The minimum Gasteiger partial charge on any atom is -0.361 e. The van der Waals surface area contributed by atoms with Gasteiger partial charge in [-0.25, -0.2) is 4.68 Å². The fourth-order valence-electron chi connectivity index (χ4n) is 3.39.